The Balaban J connectivity index is 1.67. The number of nitrogens with zero attached hydrogens (tertiary/aromatic N) is 3. The van der Waals surface area contributed by atoms with Crippen LogP contribution >= 0.6 is 0 Å². The van der Waals surface area contributed by atoms with Crippen LogP contribution in [-0.2, 0) is 6.54 Å². The maximum atomic E-state index is 12.2. The third kappa shape index (κ3) is 2.89. The first kappa shape index (κ1) is 15.1. The van der Waals surface area contributed by atoms with Crippen molar-refractivity contribution in [3.05, 3.63) is 76.8 Å². The van der Waals surface area contributed by atoms with Gasteiger partial charge in [-0.3, -0.25) is 4.79 Å². The van der Waals surface area contributed by atoms with Gasteiger partial charge in [-0.2, -0.15) is 4.98 Å². The molecule has 0 amide bonds. The van der Waals surface area contributed by atoms with Gasteiger partial charge in [0.25, 0.3) is 11.4 Å². The van der Waals surface area contributed by atoms with Crippen LogP contribution < -0.4 is 10.3 Å². The van der Waals surface area contributed by atoms with E-state index in [1.807, 2.05) is 54.6 Å². The van der Waals surface area contributed by atoms with Crippen LogP contribution in [0.3, 0.4) is 0 Å². The van der Waals surface area contributed by atoms with Gasteiger partial charge in [-0.05, 0) is 41.8 Å². The Hall–Kier alpha value is -3.41. The van der Waals surface area contributed by atoms with Crippen molar-refractivity contribution in [3.63, 3.8) is 0 Å². The van der Waals surface area contributed by atoms with Crippen molar-refractivity contribution in [1.82, 2.24) is 14.7 Å². The molecule has 0 saturated carbocycles. The summed E-state index contributed by atoms with van der Waals surface area (Å²) in [5.74, 6) is 1.61. The van der Waals surface area contributed by atoms with Gasteiger partial charge in [-0.25, -0.2) is 0 Å². The second-order valence-electron chi connectivity index (χ2n) is 5.56. The van der Waals surface area contributed by atoms with Gasteiger partial charge in [0.2, 0.25) is 0 Å². The predicted octanol–water partition coefficient (Wildman–Crippen LogP) is 3.11. The van der Waals surface area contributed by atoms with E-state index in [2.05, 4.69) is 10.1 Å². The summed E-state index contributed by atoms with van der Waals surface area (Å²) in [5, 5.41) is 4.99. The van der Waals surface area contributed by atoms with E-state index < -0.39 is 0 Å². The molecule has 0 radical (unpaired) electrons. The van der Waals surface area contributed by atoms with E-state index in [1.165, 1.54) is 0 Å². The zero-order valence-electron chi connectivity index (χ0n) is 13.5. The number of hydrogen-bond donors (Lipinski definition) is 0. The van der Waals surface area contributed by atoms with Gasteiger partial charge in [0.1, 0.15) is 5.75 Å². The largest absolute Gasteiger partial charge is 0.497 e. The molecule has 0 saturated heterocycles. The molecule has 0 atom stereocenters. The maximum Gasteiger partial charge on any atom is 0.257 e. The topological polar surface area (TPSA) is 70.2 Å². The molecule has 6 nitrogen and oxygen atoms in total. The fraction of sp³-hybridized carbons (Fsp3) is 0.105. The Morgan fingerprint density at radius 1 is 1.04 bits per heavy atom. The Morgan fingerprint density at radius 2 is 1.84 bits per heavy atom. The molecule has 4 rings (SSSR count). The maximum absolute atomic E-state index is 12.2. The van der Waals surface area contributed by atoms with Gasteiger partial charge in [0, 0.05) is 11.6 Å². The molecule has 2 aromatic heterocycles. The number of hydrogen-bond acceptors (Lipinski definition) is 5. The molecule has 2 aromatic carbocycles. The lowest BCUT2D eigenvalue weighted by Crippen LogP contribution is -2.20. The van der Waals surface area contributed by atoms with E-state index >= 15 is 0 Å². The lowest BCUT2D eigenvalue weighted by molar-refractivity contribution is 0.413. The average Bonchev–Trinajstić information content (AvgIpc) is 3.13. The Bertz CT molecular complexity index is 1080. The van der Waals surface area contributed by atoms with Gasteiger partial charge in [-0.1, -0.05) is 23.4 Å². The van der Waals surface area contributed by atoms with Gasteiger partial charge < -0.3 is 13.8 Å². The molecule has 2 heterocycles. The first-order valence-electron chi connectivity index (χ1n) is 7.80. The van der Waals surface area contributed by atoms with Gasteiger partial charge in [0.05, 0.1) is 19.2 Å². The molecule has 25 heavy (non-hydrogen) atoms. The van der Waals surface area contributed by atoms with E-state index in [-0.39, 0.29) is 12.1 Å². The summed E-state index contributed by atoms with van der Waals surface area (Å²) in [5.41, 5.74) is 1.53. The third-order valence-corrected chi connectivity index (χ3v) is 4.00. The smallest absolute Gasteiger partial charge is 0.257 e. The van der Waals surface area contributed by atoms with Crippen molar-refractivity contribution >= 4 is 10.9 Å². The van der Waals surface area contributed by atoms with Crippen LogP contribution in [-0.4, -0.2) is 21.8 Å². The van der Waals surface area contributed by atoms with E-state index in [1.54, 1.807) is 17.7 Å². The van der Waals surface area contributed by atoms with Crippen LogP contribution in [0.5, 0.6) is 5.75 Å². The highest BCUT2D eigenvalue weighted by Crippen LogP contribution is 2.21. The Morgan fingerprint density at radius 3 is 2.64 bits per heavy atom. The minimum Gasteiger partial charge on any atom is -0.497 e. The van der Waals surface area contributed by atoms with Crippen molar-refractivity contribution in [2.45, 2.75) is 6.54 Å². The molecule has 6 heteroatoms. The number of pyridine rings is 1. The van der Waals surface area contributed by atoms with Crippen LogP contribution in [0, 0.1) is 0 Å². The summed E-state index contributed by atoms with van der Waals surface area (Å²) in [4.78, 5) is 16.6. The average molecular weight is 333 g/mol. The number of methoxy groups -OCH3 is 1. The minimum atomic E-state index is -0.102. The lowest BCUT2D eigenvalue weighted by atomic mass is 10.2. The first-order chi connectivity index (χ1) is 12.2. The SMILES string of the molecule is COc1ccc(-c2nc(Cn3c(=O)ccc4ccccc43)no2)cc1. The van der Waals surface area contributed by atoms with Crippen LogP contribution in [0.15, 0.2) is 70.0 Å². The standard InChI is InChI=1S/C19H15N3O3/c1-24-15-9-6-14(7-10-15)19-20-17(21-25-19)12-22-16-5-3-2-4-13(16)8-11-18(22)23/h2-11H,12H2,1H3. The van der Waals surface area contributed by atoms with Crippen LogP contribution in [0.25, 0.3) is 22.4 Å². The quantitative estimate of drug-likeness (QED) is 0.574. The first-order valence-corrected chi connectivity index (χ1v) is 7.80. The summed E-state index contributed by atoms with van der Waals surface area (Å²) in [7, 11) is 1.61. The molecular weight excluding hydrogens is 318 g/mol. The second-order valence-corrected chi connectivity index (χ2v) is 5.56. The molecule has 0 bridgehead atoms. The summed E-state index contributed by atoms with van der Waals surface area (Å²) in [6.07, 6.45) is 0. The fourth-order valence-electron chi connectivity index (χ4n) is 2.72. The molecule has 124 valence electrons. The van der Waals surface area contributed by atoms with Crippen molar-refractivity contribution in [3.8, 4) is 17.2 Å². The van der Waals surface area contributed by atoms with Gasteiger partial charge >= 0.3 is 0 Å². The molecule has 0 aliphatic rings. The molecule has 0 N–H and O–H groups in total. The number of aromatic nitrogens is 3. The Kier molecular flexibility index (Phi) is 3.78. The van der Waals surface area contributed by atoms with Crippen LogP contribution in [0.2, 0.25) is 0 Å². The molecular formula is C19H15N3O3. The number of ether oxygens (including phenoxy) is 1. The van der Waals surface area contributed by atoms with Crippen molar-refractivity contribution < 1.29 is 9.26 Å². The molecule has 0 fully saturated rings. The molecule has 4 aromatic rings. The lowest BCUT2D eigenvalue weighted by Gasteiger charge is -2.07. The van der Waals surface area contributed by atoms with E-state index in [4.69, 9.17) is 9.26 Å². The zero-order valence-corrected chi connectivity index (χ0v) is 13.5. The fourth-order valence-corrected chi connectivity index (χ4v) is 2.72. The molecule has 0 aliphatic heterocycles. The van der Waals surface area contributed by atoms with Gasteiger partial charge in [-0.15, -0.1) is 0 Å². The number of fused-ring (bicyclic) bond motifs is 1. The summed E-state index contributed by atoms with van der Waals surface area (Å²) >= 11 is 0. The van der Waals surface area contributed by atoms with Gasteiger partial charge in [0.15, 0.2) is 5.82 Å². The molecule has 0 aliphatic carbocycles. The summed E-state index contributed by atoms with van der Waals surface area (Å²) in [6, 6.07) is 18.4. The molecule has 0 unspecified atom stereocenters. The summed E-state index contributed by atoms with van der Waals surface area (Å²) in [6.45, 7) is 0.250. The summed E-state index contributed by atoms with van der Waals surface area (Å²) < 4.78 is 12.1. The van der Waals surface area contributed by atoms with Crippen LogP contribution in [0.4, 0.5) is 0 Å². The van der Waals surface area contributed by atoms with E-state index in [0.717, 1.165) is 22.2 Å². The van der Waals surface area contributed by atoms with Crippen LogP contribution in [0.1, 0.15) is 5.82 Å². The highest BCUT2D eigenvalue weighted by Gasteiger charge is 2.11. The molecule has 0 spiro atoms. The predicted molar refractivity (Wildman–Crippen MR) is 93.6 cm³/mol. The monoisotopic (exact) mass is 333 g/mol. The van der Waals surface area contributed by atoms with Crippen molar-refractivity contribution in [1.29, 1.82) is 0 Å². The highest BCUT2D eigenvalue weighted by atomic mass is 16.5. The van der Waals surface area contributed by atoms with E-state index in [9.17, 15) is 4.79 Å². The minimum absolute atomic E-state index is 0.102. The highest BCUT2D eigenvalue weighted by molar-refractivity contribution is 5.78. The third-order valence-electron chi connectivity index (χ3n) is 4.00. The number of rotatable bonds is 4. The number of benzene rings is 2. The van der Waals surface area contributed by atoms with Crippen molar-refractivity contribution in [2.75, 3.05) is 7.11 Å². The van der Waals surface area contributed by atoms with Crippen molar-refractivity contribution in [2.24, 2.45) is 0 Å². The number of para-hydroxylation sites is 1. The zero-order chi connectivity index (χ0) is 17.2. The van der Waals surface area contributed by atoms with E-state index in [0.29, 0.717) is 11.7 Å². The Labute approximate surface area is 143 Å². The normalized spacial score (nSPS) is 10.9. The second kappa shape index (κ2) is 6.24.